The van der Waals surface area contributed by atoms with Crippen LogP contribution in [0.5, 0.6) is 11.5 Å². The number of hydrogen-bond acceptors (Lipinski definition) is 5. The first-order chi connectivity index (χ1) is 13.9. The van der Waals surface area contributed by atoms with Gasteiger partial charge in [-0.2, -0.15) is 0 Å². The summed E-state index contributed by atoms with van der Waals surface area (Å²) in [5.41, 5.74) is 0.637. The molecule has 0 fully saturated rings. The van der Waals surface area contributed by atoms with E-state index in [0.29, 0.717) is 46.5 Å². The van der Waals surface area contributed by atoms with Crippen molar-refractivity contribution in [1.29, 1.82) is 0 Å². The van der Waals surface area contributed by atoms with Gasteiger partial charge in [-0.15, -0.1) is 0 Å². The minimum absolute atomic E-state index is 0.0669. The Bertz CT molecular complexity index is 1260. The first-order valence-corrected chi connectivity index (χ1v) is 9.63. The van der Waals surface area contributed by atoms with Crippen LogP contribution in [0.25, 0.3) is 11.0 Å². The van der Waals surface area contributed by atoms with Crippen molar-refractivity contribution >= 4 is 16.8 Å². The lowest BCUT2D eigenvalue weighted by atomic mass is 9.70. The average molecular weight is 388 g/mol. The van der Waals surface area contributed by atoms with Crippen LogP contribution in [0.4, 0.5) is 0 Å². The second kappa shape index (κ2) is 6.08. The molecule has 2 aliphatic rings. The van der Waals surface area contributed by atoms with Crippen LogP contribution < -0.4 is 10.4 Å². The van der Waals surface area contributed by atoms with E-state index in [2.05, 4.69) is 0 Å². The molecule has 1 unspecified atom stereocenters. The molecular weight excluding hydrogens is 368 g/mol. The number of carbonyl (C=O) groups excluding carboxylic acids is 1. The average Bonchev–Trinajstić information content (AvgIpc) is 2.66. The first kappa shape index (κ1) is 17.7. The summed E-state index contributed by atoms with van der Waals surface area (Å²) >= 11 is 0. The van der Waals surface area contributed by atoms with Gasteiger partial charge in [0.1, 0.15) is 22.8 Å². The van der Waals surface area contributed by atoms with Crippen LogP contribution in [0.15, 0.2) is 69.1 Å². The molecule has 1 N–H and O–H groups in total. The van der Waals surface area contributed by atoms with E-state index in [4.69, 9.17) is 9.15 Å². The minimum Gasteiger partial charge on any atom is -0.507 e. The van der Waals surface area contributed by atoms with Gasteiger partial charge in [0.05, 0.1) is 16.9 Å². The fourth-order valence-corrected chi connectivity index (χ4v) is 4.49. The third kappa shape index (κ3) is 2.69. The zero-order valence-corrected chi connectivity index (χ0v) is 16.2. The van der Waals surface area contributed by atoms with Crippen molar-refractivity contribution in [1.82, 2.24) is 0 Å². The standard InChI is InChI=1S/C24H20O5/c1-24(2)11-15(25)20-18(12-24)28-16-9-5-3-7-13(16)19(20)21-22(26)14-8-4-6-10-17(14)29-23(21)27/h3-10,19,26H,11-12H2,1-2H3. The predicted octanol–water partition coefficient (Wildman–Crippen LogP) is 4.67. The van der Waals surface area contributed by atoms with Crippen molar-refractivity contribution in [3.63, 3.8) is 0 Å². The monoisotopic (exact) mass is 388 g/mol. The lowest BCUT2D eigenvalue weighted by molar-refractivity contribution is -0.118. The number of fused-ring (bicyclic) bond motifs is 2. The van der Waals surface area contributed by atoms with E-state index >= 15 is 0 Å². The third-order valence-corrected chi connectivity index (χ3v) is 5.74. The van der Waals surface area contributed by atoms with Gasteiger partial charge in [0.15, 0.2) is 5.78 Å². The number of ketones is 1. The number of ether oxygens (including phenoxy) is 1. The normalized spacial score (nSPS) is 20.2. The number of rotatable bonds is 1. The maximum Gasteiger partial charge on any atom is 0.344 e. The summed E-state index contributed by atoms with van der Waals surface area (Å²) in [5, 5.41) is 11.5. The second-order valence-electron chi connectivity index (χ2n) is 8.50. The molecule has 146 valence electrons. The summed E-state index contributed by atoms with van der Waals surface area (Å²) < 4.78 is 11.6. The Morgan fingerprint density at radius 2 is 1.72 bits per heavy atom. The summed E-state index contributed by atoms with van der Waals surface area (Å²) in [6.45, 7) is 4.05. The maximum absolute atomic E-state index is 13.2. The Labute approximate surface area is 167 Å². The Morgan fingerprint density at radius 1 is 1.00 bits per heavy atom. The molecule has 1 atom stereocenters. The van der Waals surface area contributed by atoms with Crippen molar-refractivity contribution in [2.24, 2.45) is 5.41 Å². The highest BCUT2D eigenvalue weighted by Crippen LogP contribution is 2.51. The van der Waals surface area contributed by atoms with Crippen molar-refractivity contribution in [3.8, 4) is 11.5 Å². The van der Waals surface area contributed by atoms with Gasteiger partial charge in [0, 0.05) is 24.0 Å². The highest BCUT2D eigenvalue weighted by Gasteiger charge is 2.44. The van der Waals surface area contributed by atoms with Crippen LogP contribution in [0.1, 0.15) is 43.7 Å². The lowest BCUT2D eigenvalue weighted by Gasteiger charge is -2.38. The Balaban J connectivity index is 1.83. The van der Waals surface area contributed by atoms with Gasteiger partial charge in [0.25, 0.3) is 0 Å². The largest absolute Gasteiger partial charge is 0.507 e. The molecule has 1 aromatic heterocycles. The molecule has 29 heavy (non-hydrogen) atoms. The fraction of sp³-hybridized carbons (Fsp3) is 0.250. The maximum atomic E-state index is 13.2. The van der Waals surface area contributed by atoms with Gasteiger partial charge in [0.2, 0.25) is 0 Å². The smallest absolute Gasteiger partial charge is 0.344 e. The van der Waals surface area contributed by atoms with E-state index in [9.17, 15) is 14.7 Å². The Morgan fingerprint density at radius 3 is 2.55 bits per heavy atom. The van der Waals surface area contributed by atoms with Gasteiger partial charge in [-0.1, -0.05) is 44.2 Å². The van der Waals surface area contributed by atoms with E-state index in [-0.39, 0.29) is 22.5 Å². The number of Topliss-reactive ketones (excluding diaryl/α,β-unsaturated/α-hetero) is 1. The van der Waals surface area contributed by atoms with Gasteiger partial charge in [-0.25, -0.2) is 4.79 Å². The molecule has 3 aromatic rings. The van der Waals surface area contributed by atoms with Crippen molar-refractivity contribution in [2.75, 3.05) is 0 Å². The molecule has 0 bridgehead atoms. The number of para-hydroxylation sites is 2. The highest BCUT2D eigenvalue weighted by atomic mass is 16.5. The number of aromatic hydroxyl groups is 1. The number of benzene rings is 2. The molecule has 0 amide bonds. The third-order valence-electron chi connectivity index (χ3n) is 5.74. The predicted molar refractivity (Wildman–Crippen MR) is 108 cm³/mol. The Kier molecular flexibility index (Phi) is 3.72. The van der Waals surface area contributed by atoms with Crippen molar-refractivity contribution in [3.05, 3.63) is 81.4 Å². The number of allylic oxidation sites excluding steroid dienone is 2. The van der Waals surface area contributed by atoms with Gasteiger partial charge >= 0.3 is 5.63 Å². The molecule has 0 saturated heterocycles. The van der Waals surface area contributed by atoms with Crippen LogP contribution in [0.2, 0.25) is 0 Å². The van der Waals surface area contributed by atoms with Gasteiger partial charge in [-0.05, 0) is 23.6 Å². The van der Waals surface area contributed by atoms with Crippen LogP contribution in [-0.2, 0) is 4.79 Å². The van der Waals surface area contributed by atoms with E-state index in [0.717, 1.165) is 0 Å². The number of carbonyl (C=O) groups is 1. The van der Waals surface area contributed by atoms with Crippen LogP contribution in [0.3, 0.4) is 0 Å². The first-order valence-electron chi connectivity index (χ1n) is 9.63. The summed E-state index contributed by atoms with van der Waals surface area (Å²) in [5.74, 6) is 0.223. The molecule has 5 rings (SSSR count). The lowest BCUT2D eigenvalue weighted by Crippen LogP contribution is -2.34. The topological polar surface area (TPSA) is 76.7 Å². The van der Waals surface area contributed by atoms with Gasteiger partial charge < -0.3 is 14.3 Å². The van der Waals surface area contributed by atoms with E-state index in [1.165, 1.54) is 0 Å². The zero-order chi connectivity index (χ0) is 20.3. The summed E-state index contributed by atoms with van der Waals surface area (Å²) in [6, 6.07) is 14.2. The molecule has 0 saturated carbocycles. The molecule has 2 aromatic carbocycles. The summed E-state index contributed by atoms with van der Waals surface area (Å²) in [4.78, 5) is 26.1. The second-order valence-corrected chi connectivity index (χ2v) is 8.50. The van der Waals surface area contributed by atoms with E-state index in [1.807, 2.05) is 38.1 Å². The SMILES string of the molecule is CC1(C)CC(=O)C2=C(C1)Oc1ccccc1C2c1c(O)c2ccccc2oc1=O. The molecule has 0 radical (unpaired) electrons. The molecule has 1 aliphatic carbocycles. The van der Waals surface area contributed by atoms with E-state index in [1.54, 1.807) is 24.3 Å². The molecule has 1 aliphatic heterocycles. The fourth-order valence-electron chi connectivity index (χ4n) is 4.49. The molecule has 2 heterocycles. The van der Waals surface area contributed by atoms with Crippen molar-refractivity contribution < 1.29 is 19.1 Å². The van der Waals surface area contributed by atoms with Crippen LogP contribution in [0, 0.1) is 5.41 Å². The van der Waals surface area contributed by atoms with Crippen LogP contribution in [-0.4, -0.2) is 10.9 Å². The highest BCUT2D eigenvalue weighted by molar-refractivity contribution is 6.00. The number of hydrogen-bond donors (Lipinski definition) is 1. The van der Waals surface area contributed by atoms with E-state index < -0.39 is 11.5 Å². The van der Waals surface area contributed by atoms with Crippen molar-refractivity contribution in [2.45, 2.75) is 32.6 Å². The minimum atomic E-state index is -0.723. The molecule has 5 heteroatoms. The van der Waals surface area contributed by atoms with Crippen LogP contribution >= 0.6 is 0 Å². The quantitative estimate of drug-likeness (QED) is 0.613. The summed E-state index contributed by atoms with van der Waals surface area (Å²) in [6.07, 6.45) is 0.937. The molecular formula is C24H20O5. The van der Waals surface area contributed by atoms with Gasteiger partial charge in [-0.3, -0.25) is 4.79 Å². The Hall–Kier alpha value is -3.34. The molecule has 0 spiro atoms. The zero-order valence-electron chi connectivity index (χ0n) is 16.2. The summed E-state index contributed by atoms with van der Waals surface area (Å²) in [7, 11) is 0. The molecule has 5 nitrogen and oxygen atoms in total.